The molecule has 3 aromatic rings. The van der Waals surface area contributed by atoms with Gasteiger partial charge in [-0.2, -0.15) is 4.98 Å². The monoisotopic (exact) mass is 324 g/mol. The number of rotatable bonds is 5. The van der Waals surface area contributed by atoms with Crippen LogP contribution in [0.3, 0.4) is 0 Å². The molecule has 122 valence electrons. The lowest BCUT2D eigenvalue weighted by Crippen LogP contribution is -2.05. The van der Waals surface area contributed by atoms with Gasteiger partial charge in [-0.3, -0.25) is 0 Å². The molecule has 0 amide bonds. The fraction of sp³-hybridized carbons (Fsp3) is 0.167. The van der Waals surface area contributed by atoms with Crippen LogP contribution in [0.1, 0.15) is 21.8 Å². The molecule has 24 heavy (non-hydrogen) atoms. The summed E-state index contributed by atoms with van der Waals surface area (Å²) < 4.78 is 15.4. The van der Waals surface area contributed by atoms with Crippen molar-refractivity contribution in [2.45, 2.75) is 13.5 Å². The summed E-state index contributed by atoms with van der Waals surface area (Å²) in [6.07, 6.45) is 0. The minimum Gasteiger partial charge on any atom is -0.497 e. The van der Waals surface area contributed by atoms with Gasteiger partial charge in [0.15, 0.2) is 6.61 Å². The molecule has 1 heterocycles. The first kappa shape index (κ1) is 15.7. The lowest BCUT2D eigenvalue weighted by atomic mass is 10.1. The smallest absolute Gasteiger partial charge is 0.338 e. The third kappa shape index (κ3) is 3.43. The number of carbonyl (C=O) groups excluding carboxylic acids is 1. The van der Waals surface area contributed by atoms with Crippen molar-refractivity contribution in [3.8, 4) is 17.1 Å². The molecular weight excluding hydrogens is 308 g/mol. The summed E-state index contributed by atoms with van der Waals surface area (Å²) in [6.45, 7) is 1.88. The molecule has 0 bridgehead atoms. The average Bonchev–Trinajstić information content (AvgIpc) is 3.09. The molecule has 0 spiro atoms. The van der Waals surface area contributed by atoms with E-state index in [2.05, 4.69) is 10.1 Å². The van der Waals surface area contributed by atoms with E-state index in [0.717, 1.165) is 11.1 Å². The molecule has 6 nitrogen and oxygen atoms in total. The van der Waals surface area contributed by atoms with Crippen molar-refractivity contribution in [3.05, 3.63) is 65.5 Å². The standard InChI is InChI=1S/C18H16N2O4/c1-12-6-3-4-9-15(12)17-19-16(24-20-17)11-23-18(21)13-7-5-8-14(10-13)22-2/h3-10H,11H2,1-2H3. The maximum atomic E-state index is 12.0. The van der Waals surface area contributed by atoms with Crippen LogP contribution in [0.2, 0.25) is 0 Å². The predicted octanol–water partition coefficient (Wildman–Crippen LogP) is 3.41. The summed E-state index contributed by atoms with van der Waals surface area (Å²) in [7, 11) is 1.54. The summed E-state index contributed by atoms with van der Waals surface area (Å²) in [5.41, 5.74) is 2.32. The molecule has 0 saturated carbocycles. The third-order valence-corrected chi connectivity index (χ3v) is 3.49. The Morgan fingerprint density at radius 2 is 2.00 bits per heavy atom. The molecule has 0 N–H and O–H groups in total. The summed E-state index contributed by atoms with van der Waals surface area (Å²) >= 11 is 0. The van der Waals surface area contributed by atoms with Crippen LogP contribution in [0.15, 0.2) is 53.1 Å². The molecule has 2 aromatic carbocycles. The minimum absolute atomic E-state index is 0.0884. The highest BCUT2D eigenvalue weighted by molar-refractivity contribution is 5.89. The van der Waals surface area contributed by atoms with Gasteiger partial charge in [0.05, 0.1) is 12.7 Å². The Kier molecular flexibility index (Phi) is 4.56. The number of aromatic nitrogens is 2. The van der Waals surface area contributed by atoms with Crippen LogP contribution in [0, 0.1) is 6.92 Å². The number of hydrogen-bond acceptors (Lipinski definition) is 6. The first-order valence-electron chi connectivity index (χ1n) is 7.37. The van der Waals surface area contributed by atoms with Gasteiger partial charge in [0.1, 0.15) is 5.75 Å². The summed E-state index contributed by atoms with van der Waals surface area (Å²) in [5, 5.41) is 3.93. The second-order valence-electron chi connectivity index (χ2n) is 5.13. The SMILES string of the molecule is COc1cccc(C(=O)OCc2nc(-c3ccccc3C)no2)c1. The normalized spacial score (nSPS) is 10.4. The fourth-order valence-electron chi connectivity index (χ4n) is 2.21. The Morgan fingerprint density at radius 3 is 2.79 bits per heavy atom. The molecule has 0 saturated heterocycles. The molecule has 0 aliphatic carbocycles. The topological polar surface area (TPSA) is 74.5 Å². The highest BCUT2D eigenvalue weighted by Gasteiger charge is 2.13. The van der Waals surface area contributed by atoms with Gasteiger partial charge in [-0.05, 0) is 30.7 Å². The van der Waals surface area contributed by atoms with Crippen molar-refractivity contribution in [1.29, 1.82) is 0 Å². The Labute approximate surface area is 139 Å². The zero-order valence-electron chi connectivity index (χ0n) is 13.4. The quantitative estimate of drug-likeness (QED) is 0.670. The van der Waals surface area contributed by atoms with Crippen molar-refractivity contribution >= 4 is 5.97 Å². The number of methoxy groups -OCH3 is 1. The molecule has 0 radical (unpaired) electrons. The Balaban J connectivity index is 1.67. The zero-order chi connectivity index (χ0) is 16.9. The molecule has 6 heteroatoms. The van der Waals surface area contributed by atoms with E-state index in [4.69, 9.17) is 14.0 Å². The van der Waals surface area contributed by atoms with Gasteiger partial charge in [0, 0.05) is 5.56 Å². The van der Waals surface area contributed by atoms with Crippen molar-refractivity contribution in [2.75, 3.05) is 7.11 Å². The van der Waals surface area contributed by atoms with Crippen molar-refractivity contribution in [3.63, 3.8) is 0 Å². The Bertz CT molecular complexity index is 857. The molecule has 0 aliphatic heterocycles. The maximum absolute atomic E-state index is 12.0. The molecule has 0 atom stereocenters. The molecular formula is C18H16N2O4. The van der Waals surface area contributed by atoms with Crippen LogP contribution >= 0.6 is 0 Å². The molecule has 0 aliphatic rings. The van der Waals surface area contributed by atoms with Crippen LogP contribution in [0.4, 0.5) is 0 Å². The van der Waals surface area contributed by atoms with E-state index in [1.165, 1.54) is 7.11 Å². The van der Waals surface area contributed by atoms with E-state index in [9.17, 15) is 4.79 Å². The van der Waals surface area contributed by atoms with E-state index >= 15 is 0 Å². The van der Waals surface area contributed by atoms with E-state index < -0.39 is 5.97 Å². The number of esters is 1. The van der Waals surface area contributed by atoms with Crippen LogP contribution < -0.4 is 4.74 Å². The number of aryl methyl sites for hydroxylation is 1. The lowest BCUT2D eigenvalue weighted by molar-refractivity contribution is 0.0429. The van der Waals surface area contributed by atoms with E-state index in [0.29, 0.717) is 17.1 Å². The van der Waals surface area contributed by atoms with Gasteiger partial charge in [-0.1, -0.05) is 35.5 Å². The van der Waals surface area contributed by atoms with Gasteiger partial charge < -0.3 is 14.0 Å². The molecule has 0 fully saturated rings. The average molecular weight is 324 g/mol. The van der Waals surface area contributed by atoms with Gasteiger partial charge in [-0.25, -0.2) is 4.79 Å². The van der Waals surface area contributed by atoms with Crippen LogP contribution in [-0.4, -0.2) is 23.2 Å². The summed E-state index contributed by atoms with van der Waals surface area (Å²) in [6, 6.07) is 14.4. The molecule has 3 rings (SSSR count). The number of benzene rings is 2. The minimum atomic E-state index is -0.482. The van der Waals surface area contributed by atoms with Crippen molar-refractivity contribution in [1.82, 2.24) is 10.1 Å². The van der Waals surface area contributed by atoms with Gasteiger partial charge in [0.2, 0.25) is 5.82 Å². The van der Waals surface area contributed by atoms with Crippen LogP contribution in [0.25, 0.3) is 11.4 Å². The lowest BCUT2D eigenvalue weighted by Gasteiger charge is -2.04. The zero-order valence-corrected chi connectivity index (χ0v) is 13.4. The number of nitrogens with zero attached hydrogens (tertiary/aromatic N) is 2. The Morgan fingerprint density at radius 1 is 1.17 bits per heavy atom. The van der Waals surface area contributed by atoms with Gasteiger partial charge in [0.25, 0.3) is 5.89 Å². The largest absolute Gasteiger partial charge is 0.497 e. The van der Waals surface area contributed by atoms with Gasteiger partial charge in [-0.15, -0.1) is 0 Å². The first-order chi connectivity index (χ1) is 11.7. The van der Waals surface area contributed by atoms with E-state index in [1.807, 2.05) is 31.2 Å². The predicted molar refractivity (Wildman–Crippen MR) is 86.6 cm³/mol. The van der Waals surface area contributed by atoms with Crippen molar-refractivity contribution < 1.29 is 18.8 Å². The summed E-state index contributed by atoms with van der Waals surface area (Å²) in [4.78, 5) is 16.3. The first-order valence-corrected chi connectivity index (χ1v) is 7.37. The Hall–Kier alpha value is -3.15. The molecule has 1 aromatic heterocycles. The number of ether oxygens (including phenoxy) is 2. The highest BCUT2D eigenvalue weighted by Crippen LogP contribution is 2.20. The highest BCUT2D eigenvalue weighted by atomic mass is 16.6. The second kappa shape index (κ2) is 6.95. The van der Waals surface area contributed by atoms with Crippen molar-refractivity contribution in [2.24, 2.45) is 0 Å². The maximum Gasteiger partial charge on any atom is 0.338 e. The van der Waals surface area contributed by atoms with Crippen LogP contribution in [-0.2, 0) is 11.3 Å². The van der Waals surface area contributed by atoms with E-state index in [1.54, 1.807) is 24.3 Å². The number of hydrogen-bond donors (Lipinski definition) is 0. The summed E-state index contributed by atoms with van der Waals surface area (Å²) in [5.74, 6) is 0.818. The molecule has 0 unspecified atom stereocenters. The van der Waals surface area contributed by atoms with Crippen LogP contribution in [0.5, 0.6) is 5.75 Å². The van der Waals surface area contributed by atoms with Gasteiger partial charge >= 0.3 is 5.97 Å². The van der Waals surface area contributed by atoms with E-state index in [-0.39, 0.29) is 12.5 Å². The number of carbonyl (C=O) groups is 1. The second-order valence-corrected chi connectivity index (χ2v) is 5.13. The third-order valence-electron chi connectivity index (χ3n) is 3.49. The fourth-order valence-corrected chi connectivity index (χ4v) is 2.21.